The fourth-order valence-electron chi connectivity index (χ4n) is 2.36. The van der Waals surface area contributed by atoms with Gasteiger partial charge in [0.25, 0.3) is 0 Å². The quantitative estimate of drug-likeness (QED) is 0.820. The molecule has 0 aromatic carbocycles. The zero-order valence-electron chi connectivity index (χ0n) is 12.2. The van der Waals surface area contributed by atoms with Crippen molar-refractivity contribution in [2.75, 3.05) is 23.6 Å². The molecule has 2 atom stereocenters. The van der Waals surface area contributed by atoms with E-state index in [9.17, 15) is 21.6 Å². The second-order valence-corrected chi connectivity index (χ2v) is 7.94. The minimum absolute atomic E-state index is 0.0624. The lowest BCUT2D eigenvalue weighted by molar-refractivity contribution is -0.138. The predicted molar refractivity (Wildman–Crippen MR) is 79.4 cm³/mol. The molecule has 0 saturated carbocycles. The Kier molecular flexibility index (Phi) is 5.37. The van der Waals surface area contributed by atoms with Crippen molar-refractivity contribution in [2.24, 2.45) is 5.92 Å². The number of hydrogen-bond acceptors (Lipinski definition) is 5. The van der Waals surface area contributed by atoms with Crippen LogP contribution in [-0.4, -0.2) is 47.0 Å². The molecule has 23 heavy (non-hydrogen) atoms. The summed E-state index contributed by atoms with van der Waals surface area (Å²) in [5, 5.41) is 2.48. The maximum atomic E-state index is 12.5. The van der Waals surface area contributed by atoms with Crippen LogP contribution in [0.2, 0.25) is 0 Å². The van der Waals surface area contributed by atoms with Crippen LogP contribution in [0, 0.1) is 5.92 Å². The van der Waals surface area contributed by atoms with Gasteiger partial charge >= 0.3 is 6.18 Å². The fraction of sp³-hybridized carbons (Fsp3) is 0.667. The topological polar surface area (TPSA) is 75.2 Å². The van der Waals surface area contributed by atoms with Gasteiger partial charge in [-0.2, -0.15) is 13.2 Å². The molecule has 6 nitrogen and oxygen atoms in total. The van der Waals surface area contributed by atoms with Crippen LogP contribution in [0.3, 0.4) is 0 Å². The summed E-state index contributed by atoms with van der Waals surface area (Å²) in [6, 6.07) is -0.131. The SMILES string of the molecule is C[C@@H]1CN(S(=O)(=O)CCl)CC[C@@H]1Nc1ncc(C(F)(F)F)cn1. The molecule has 1 aliphatic heterocycles. The number of sulfonamides is 1. The van der Waals surface area contributed by atoms with Gasteiger partial charge < -0.3 is 5.32 Å². The van der Waals surface area contributed by atoms with Crippen LogP contribution in [0.25, 0.3) is 0 Å². The number of nitrogens with one attached hydrogen (secondary N) is 1. The van der Waals surface area contributed by atoms with E-state index in [1.807, 2.05) is 6.92 Å². The predicted octanol–water partition coefficient (Wildman–Crippen LogP) is 2.14. The second kappa shape index (κ2) is 6.78. The van der Waals surface area contributed by atoms with E-state index in [-0.39, 0.29) is 31.0 Å². The van der Waals surface area contributed by atoms with Gasteiger partial charge in [-0.05, 0) is 12.3 Å². The van der Waals surface area contributed by atoms with Crippen LogP contribution in [0.5, 0.6) is 0 Å². The van der Waals surface area contributed by atoms with Gasteiger partial charge in [0.2, 0.25) is 16.0 Å². The highest BCUT2D eigenvalue weighted by atomic mass is 35.5. The Hall–Kier alpha value is -1.13. The molecule has 2 heterocycles. The van der Waals surface area contributed by atoms with Crippen molar-refractivity contribution in [2.45, 2.75) is 25.6 Å². The van der Waals surface area contributed by atoms with E-state index in [0.29, 0.717) is 18.8 Å². The van der Waals surface area contributed by atoms with Crippen LogP contribution >= 0.6 is 11.6 Å². The van der Waals surface area contributed by atoms with E-state index in [1.165, 1.54) is 4.31 Å². The molecule has 0 bridgehead atoms. The van der Waals surface area contributed by atoms with E-state index < -0.39 is 27.0 Å². The third-order valence-corrected chi connectivity index (χ3v) is 5.91. The highest BCUT2D eigenvalue weighted by Crippen LogP contribution is 2.28. The highest BCUT2D eigenvalue weighted by molar-refractivity contribution is 7.90. The van der Waals surface area contributed by atoms with Crippen LogP contribution in [0.4, 0.5) is 19.1 Å². The van der Waals surface area contributed by atoms with Crippen LogP contribution in [0.15, 0.2) is 12.4 Å². The largest absolute Gasteiger partial charge is 0.419 e. The molecule has 1 N–H and O–H groups in total. The third-order valence-electron chi connectivity index (χ3n) is 3.69. The van der Waals surface area contributed by atoms with Crippen molar-refractivity contribution in [3.05, 3.63) is 18.0 Å². The van der Waals surface area contributed by atoms with Crippen molar-refractivity contribution < 1.29 is 21.6 Å². The zero-order chi connectivity index (χ0) is 17.3. The monoisotopic (exact) mass is 372 g/mol. The number of piperidine rings is 1. The standard InChI is InChI=1S/C12H16ClF3N4O2S/c1-8-6-20(23(21,22)7-13)3-2-10(8)19-11-17-4-9(5-18-11)12(14,15)16/h4-5,8,10H,2-3,6-7H2,1H3,(H,17,18,19)/t8-,10+/m1/s1. The smallest absolute Gasteiger partial charge is 0.351 e. The summed E-state index contributed by atoms with van der Waals surface area (Å²) in [6.07, 6.45) is -2.56. The first-order valence-electron chi connectivity index (χ1n) is 6.83. The van der Waals surface area contributed by atoms with E-state index in [4.69, 9.17) is 11.6 Å². The van der Waals surface area contributed by atoms with Crippen molar-refractivity contribution in [1.82, 2.24) is 14.3 Å². The van der Waals surface area contributed by atoms with Gasteiger partial charge in [0.15, 0.2) is 0 Å². The highest BCUT2D eigenvalue weighted by Gasteiger charge is 2.33. The van der Waals surface area contributed by atoms with E-state index >= 15 is 0 Å². The number of aromatic nitrogens is 2. The maximum absolute atomic E-state index is 12.5. The summed E-state index contributed by atoms with van der Waals surface area (Å²) in [5.41, 5.74) is -0.917. The summed E-state index contributed by atoms with van der Waals surface area (Å²) in [4.78, 5) is 7.32. The lowest BCUT2D eigenvalue weighted by Crippen LogP contribution is -2.47. The average molecular weight is 373 g/mol. The Balaban J connectivity index is 2.00. The molecular weight excluding hydrogens is 357 g/mol. The molecule has 0 amide bonds. The molecule has 2 rings (SSSR count). The molecule has 0 radical (unpaired) electrons. The van der Waals surface area contributed by atoms with Crippen molar-refractivity contribution in [3.63, 3.8) is 0 Å². The first kappa shape index (κ1) is 18.2. The molecular formula is C12H16ClF3N4O2S. The Morgan fingerprint density at radius 3 is 2.48 bits per heavy atom. The Bertz CT molecular complexity index is 639. The summed E-state index contributed by atoms with van der Waals surface area (Å²) < 4.78 is 62.2. The van der Waals surface area contributed by atoms with E-state index in [2.05, 4.69) is 15.3 Å². The van der Waals surface area contributed by atoms with Gasteiger partial charge in [0, 0.05) is 31.5 Å². The molecule has 11 heteroatoms. The van der Waals surface area contributed by atoms with Gasteiger partial charge in [0.05, 0.1) is 5.56 Å². The number of hydrogen-bond donors (Lipinski definition) is 1. The van der Waals surface area contributed by atoms with Crippen molar-refractivity contribution >= 4 is 27.6 Å². The van der Waals surface area contributed by atoms with Crippen molar-refractivity contribution in [1.29, 1.82) is 0 Å². The molecule has 0 aliphatic carbocycles. The Morgan fingerprint density at radius 2 is 2.00 bits per heavy atom. The Morgan fingerprint density at radius 1 is 1.39 bits per heavy atom. The normalized spacial score (nSPS) is 23.7. The maximum Gasteiger partial charge on any atom is 0.419 e. The van der Waals surface area contributed by atoms with Gasteiger partial charge in [-0.3, -0.25) is 0 Å². The Labute approximate surface area is 137 Å². The van der Waals surface area contributed by atoms with Gasteiger partial charge in [-0.25, -0.2) is 22.7 Å². The lowest BCUT2D eigenvalue weighted by atomic mass is 9.95. The van der Waals surface area contributed by atoms with Crippen molar-refractivity contribution in [3.8, 4) is 0 Å². The van der Waals surface area contributed by atoms with Gasteiger partial charge in [-0.15, -0.1) is 11.6 Å². The summed E-state index contributed by atoms with van der Waals surface area (Å²) in [6.45, 7) is 2.42. The van der Waals surface area contributed by atoms with Gasteiger partial charge in [-0.1, -0.05) is 6.92 Å². The van der Waals surface area contributed by atoms with Crippen LogP contribution in [-0.2, 0) is 16.2 Å². The molecule has 1 saturated heterocycles. The minimum atomic E-state index is -4.48. The molecule has 130 valence electrons. The second-order valence-electron chi connectivity index (χ2n) is 5.39. The number of anilines is 1. The van der Waals surface area contributed by atoms with Crippen LogP contribution in [0.1, 0.15) is 18.9 Å². The zero-order valence-corrected chi connectivity index (χ0v) is 13.8. The third kappa shape index (κ3) is 4.45. The molecule has 1 aliphatic rings. The molecule has 1 aromatic heterocycles. The lowest BCUT2D eigenvalue weighted by Gasteiger charge is -2.36. The molecule has 0 spiro atoms. The molecule has 0 unspecified atom stereocenters. The van der Waals surface area contributed by atoms with E-state index in [1.54, 1.807) is 0 Å². The number of halogens is 4. The minimum Gasteiger partial charge on any atom is -0.351 e. The first-order chi connectivity index (χ1) is 10.6. The van der Waals surface area contributed by atoms with Crippen LogP contribution < -0.4 is 5.32 Å². The average Bonchev–Trinajstić information content (AvgIpc) is 2.49. The number of alkyl halides is 4. The number of rotatable bonds is 4. The molecule has 1 fully saturated rings. The summed E-state index contributed by atoms with van der Waals surface area (Å²) >= 11 is 5.43. The molecule has 1 aromatic rings. The summed E-state index contributed by atoms with van der Waals surface area (Å²) in [5.74, 6) is 0.0242. The van der Waals surface area contributed by atoms with E-state index in [0.717, 1.165) is 0 Å². The first-order valence-corrected chi connectivity index (χ1v) is 8.97. The van der Waals surface area contributed by atoms with Gasteiger partial charge in [0.1, 0.15) is 5.21 Å². The summed E-state index contributed by atoms with van der Waals surface area (Å²) in [7, 11) is -3.46. The number of nitrogens with zero attached hydrogens (tertiary/aromatic N) is 3. The fourth-order valence-corrected chi connectivity index (χ4v) is 3.76.